The second-order valence-corrected chi connectivity index (χ2v) is 6.34. The maximum absolute atomic E-state index is 12.5. The van der Waals surface area contributed by atoms with Gasteiger partial charge in [-0.3, -0.25) is 4.79 Å². The van der Waals surface area contributed by atoms with E-state index in [1.807, 2.05) is 0 Å². The van der Waals surface area contributed by atoms with Crippen molar-refractivity contribution in [2.75, 3.05) is 33.3 Å². The zero-order valence-electron chi connectivity index (χ0n) is 14.1. The normalized spacial score (nSPS) is 15.7. The van der Waals surface area contributed by atoms with Gasteiger partial charge in [0, 0.05) is 13.6 Å². The maximum atomic E-state index is 12.5. The molecular weight excluding hydrogens is 337 g/mol. The van der Waals surface area contributed by atoms with Gasteiger partial charge in [-0.15, -0.1) is 0 Å². The van der Waals surface area contributed by atoms with E-state index in [1.165, 1.54) is 29.9 Å². The van der Waals surface area contributed by atoms with Crippen LogP contribution < -0.4 is 10.1 Å². The van der Waals surface area contributed by atoms with Gasteiger partial charge in [0.1, 0.15) is 18.5 Å². The molecule has 0 heterocycles. The lowest BCUT2D eigenvalue weighted by Gasteiger charge is -2.21. The third-order valence-corrected chi connectivity index (χ3v) is 3.94. The number of rotatable bonds is 9. The molecule has 0 spiro atoms. The average molecular weight is 360 g/mol. The fourth-order valence-electron chi connectivity index (χ4n) is 2.24. The molecule has 0 aliphatic heterocycles. The molecule has 2 N–H and O–H groups in total. The Morgan fingerprint density at radius 3 is 2.56 bits per heavy atom. The van der Waals surface area contributed by atoms with Crippen LogP contribution in [0.3, 0.4) is 0 Å². The number of hydrogen-bond acceptors (Lipinski definition) is 4. The quantitative estimate of drug-likeness (QED) is 0.706. The Labute approximate surface area is 144 Å². The van der Waals surface area contributed by atoms with Crippen LogP contribution in [0.4, 0.5) is 13.2 Å². The lowest BCUT2D eigenvalue weighted by Crippen LogP contribution is -2.41. The van der Waals surface area contributed by atoms with Crippen molar-refractivity contribution < 1.29 is 27.8 Å². The van der Waals surface area contributed by atoms with E-state index in [-0.39, 0.29) is 31.4 Å². The van der Waals surface area contributed by atoms with Gasteiger partial charge in [-0.25, -0.2) is 0 Å². The molecule has 1 aromatic carbocycles. The summed E-state index contributed by atoms with van der Waals surface area (Å²) in [6, 6.07) is 4.24. The fourth-order valence-corrected chi connectivity index (χ4v) is 2.24. The standard InChI is InChI=1S/C17H23F3N2O3/c1-22(16(24)9-21-8-12-2-3-12)10-14(23)11-25-15-6-4-13(5-7-15)17(18,19)20/h4-7,12,14,21,23H,2-3,8-11H2,1H3. The molecule has 5 nitrogen and oxygen atoms in total. The van der Waals surface area contributed by atoms with E-state index >= 15 is 0 Å². The van der Waals surface area contributed by atoms with Crippen LogP contribution in [-0.2, 0) is 11.0 Å². The van der Waals surface area contributed by atoms with Crippen LogP contribution in [-0.4, -0.2) is 55.3 Å². The molecule has 1 aromatic rings. The summed E-state index contributed by atoms with van der Waals surface area (Å²) in [5, 5.41) is 13.0. The number of nitrogens with zero attached hydrogens (tertiary/aromatic N) is 1. The van der Waals surface area contributed by atoms with Gasteiger partial charge in [0.05, 0.1) is 12.1 Å². The number of nitrogens with one attached hydrogen (secondary N) is 1. The first kappa shape index (κ1) is 19.5. The number of halogens is 3. The topological polar surface area (TPSA) is 61.8 Å². The first-order valence-corrected chi connectivity index (χ1v) is 8.18. The number of aliphatic hydroxyl groups excluding tert-OH is 1. The number of likely N-dealkylation sites (N-methyl/N-ethyl adjacent to an activating group) is 1. The Morgan fingerprint density at radius 2 is 2.00 bits per heavy atom. The largest absolute Gasteiger partial charge is 0.491 e. The van der Waals surface area contributed by atoms with Gasteiger partial charge in [-0.05, 0) is 49.6 Å². The minimum atomic E-state index is -4.39. The molecular formula is C17H23F3N2O3. The lowest BCUT2D eigenvalue weighted by molar-refractivity contribution is -0.137. The van der Waals surface area contributed by atoms with Crippen molar-refractivity contribution in [2.45, 2.75) is 25.1 Å². The maximum Gasteiger partial charge on any atom is 0.416 e. The first-order valence-electron chi connectivity index (χ1n) is 8.18. The Morgan fingerprint density at radius 1 is 1.36 bits per heavy atom. The zero-order valence-corrected chi connectivity index (χ0v) is 14.1. The van der Waals surface area contributed by atoms with Crippen molar-refractivity contribution in [3.05, 3.63) is 29.8 Å². The number of alkyl halides is 3. The second-order valence-electron chi connectivity index (χ2n) is 6.34. The Hall–Kier alpha value is -1.80. The first-order chi connectivity index (χ1) is 11.8. The number of ether oxygens (including phenoxy) is 1. The highest BCUT2D eigenvalue weighted by Crippen LogP contribution is 2.30. The summed E-state index contributed by atoms with van der Waals surface area (Å²) in [5.74, 6) is 0.780. The number of carbonyl (C=O) groups is 1. The lowest BCUT2D eigenvalue weighted by atomic mass is 10.2. The number of carbonyl (C=O) groups excluding carboxylic acids is 1. The van der Waals surface area contributed by atoms with Gasteiger partial charge in [0.25, 0.3) is 0 Å². The van der Waals surface area contributed by atoms with Crippen molar-refractivity contribution in [3.63, 3.8) is 0 Å². The van der Waals surface area contributed by atoms with E-state index in [9.17, 15) is 23.1 Å². The number of aliphatic hydroxyl groups is 1. The second kappa shape index (κ2) is 8.53. The Kier molecular flexibility index (Phi) is 6.66. The third kappa shape index (κ3) is 6.91. The summed E-state index contributed by atoms with van der Waals surface area (Å²) in [6.07, 6.45) is -2.91. The minimum absolute atomic E-state index is 0.0879. The SMILES string of the molecule is CN(CC(O)COc1ccc(C(F)(F)F)cc1)C(=O)CNCC1CC1. The van der Waals surface area contributed by atoms with Crippen molar-refractivity contribution in [1.29, 1.82) is 0 Å². The molecule has 1 amide bonds. The summed E-state index contributed by atoms with van der Waals surface area (Å²) in [4.78, 5) is 13.3. The van der Waals surface area contributed by atoms with Gasteiger partial charge in [-0.2, -0.15) is 13.2 Å². The van der Waals surface area contributed by atoms with Gasteiger partial charge in [0.15, 0.2) is 0 Å². The molecule has 0 radical (unpaired) electrons. The smallest absolute Gasteiger partial charge is 0.416 e. The molecule has 140 valence electrons. The predicted molar refractivity (Wildman–Crippen MR) is 86.2 cm³/mol. The van der Waals surface area contributed by atoms with Crippen LogP contribution in [0.1, 0.15) is 18.4 Å². The molecule has 1 fully saturated rings. The zero-order chi connectivity index (χ0) is 18.4. The summed E-state index contributed by atoms with van der Waals surface area (Å²) in [5.41, 5.74) is -0.760. The molecule has 1 aliphatic carbocycles. The third-order valence-electron chi connectivity index (χ3n) is 3.94. The molecule has 2 rings (SSSR count). The van der Waals surface area contributed by atoms with Crippen LogP contribution in [0.5, 0.6) is 5.75 Å². The van der Waals surface area contributed by atoms with Crippen LogP contribution in [0.15, 0.2) is 24.3 Å². The Bertz CT molecular complexity index is 559. The molecule has 0 bridgehead atoms. The minimum Gasteiger partial charge on any atom is -0.491 e. The summed E-state index contributed by atoms with van der Waals surface area (Å²) < 4.78 is 42.7. The van der Waals surface area contributed by atoms with Crippen LogP contribution in [0.25, 0.3) is 0 Å². The van der Waals surface area contributed by atoms with Crippen molar-refractivity contribution in [1.82, 2.24) is 10.2 Å². The predicted octanol–water partition coefficient (Wildman–Crippen LogP) is 1.90. The van der Waals surface area contributed by atoms with Crippen LogP contribution in [0, 0.1) is 5.92 Å². The van der Waals surface area contributed by atoms with Gasteiger partial charge in [0.2, 0.25) is 5.91 Å². The van der Waals surface area contributed by atoms with Gasteiger partial charge >= 0.3 is 6.18 Å². The summed E-state index contributed by atoms with van der Waals surface area (Å²) >= 11 is 0. The van der Waals surface area contributed by atoms with Crippen molar-refractivity contribution in [2.24, 2.45) is 5.92 Å². The van der Waals surface area contributed by atoms with E-state index < -0.39 is 17.8 Å². The van der Waals surface area contributed by atoms with E-state index in [1.54, 1.807) is 7.05 Å². The average Bonchev–Trinajstić information content (AvgIpc) is 3.36. The summed E-state index contributed by atoms with van der Waals surface area (Å²) in [6.45, 7) is 1.03. The van der Waals surface area contributed by atoms with E-state index in [0.29, 0.717) is 5.92 Å². The van der Waals surface area contributed by atoms with Gasteiger partial charge < -0.3 is 20.1 Å². The molecule has 25 heavy (non-hydrogen) atoms. The highest BCUT2D eigenvalue weighted by Gasteiger charge is 2.30. The number of benzene rings is 1. The van der Waals surface area contributed by atoms with Crippen molar-refractivity contribution >= 4 is 5.91 Å². The van der Waals surface area contributed by atoms with E-state index in [4.69, 9.17) is 4.74 Å². The number of hydrogen-bond donors (Lipinski definition) is 2. The molecule has 1 atom stereocenters. The van der Waals surface area contributed by atoms with Gasteiger partial charge in [-0.1, -0.05) is 0 Å². The molecule has 0 saturated heterocycles. The number of amides is 1. The molecule has 1 unspecified atom stereocenters. The highest BCUT2D eigenvalue weighted by molar-refractivity contribution is 5.77. The Balaban J connectivity index is 1.68. The molecule has 0 aromatic heterocycles. The van der Waals surface area contributed by atoms with Crippen LogP contribution in [0.2, 0.25) is 0 Å². The fraction of sp³-hybridized carbons (Fsp3) is 0.588. The van der Waals surface area contributed by atoms with Crippen LogP contribution >= 0.6 is 0 Å². The summed E-state index contributed by atoms with van der Waals surface area (Å²) in [7, 11) is 1.59. The molecule has 8 heteroatoms. The molecule has 1 aliphatic rings. The van der Waals surface area contributed by atoms with Crippen molar-refractivity contribution in [3.8, 4) is 5.75 Å². The van der Waals surface area contributed by atoms with E-state index in [2.05, 4.69) is 5.32 Å². The van der Waals surface area contributed by atoms with E-state index in [0.717, 1.165) is 18.7 Å². The molecule has 1 saturated carbocycles. The highest BCUT2D eigenvalue weighted by atomic mass is 19.4. The monoisotopic (exact) mass is 360 g/mol.